The fourth-order valence-electron chi connectivity index (χ4n) is 2.17. The Hall–Kier alpha value is -4.01. The van der Waals surface area contributed by atoms with Crippen molar-refractivity contribution in [3.63, 3.8) is 0 Å². The van der Waals surface area contributed by atoms with Crippen LogP contribution >= 0.6 is 0 Å². The van der Waals surface area contributed by atoms with Gasteiger partial charge < -0.3 is 15.4 Å². The molecule has 0 aliphatic carbocycles. The molecule has 0 saturated heterocycles. The summed E-state index contributed by atoms with van der Waals surface area (Å²) in [6.45, 7) is -0.525. The van der Waals surface area contributed by atoms with Crippen molar-refractivity contribution < 1.29 is 24.0 Å². The van der Waals surface area contributed by atoms with E-state index in [4.69, 9.17) is 4.74 Å². The molecule has 2 N–H and O–H groups in total. The van der Waals surface area contributed by atoms with Crippen molar-refractivity contribution in [3.8, 4) is 0 Å². The van der Waals surface area contributed by atoms with Crippen LogP contribution < -0.4 is 10.6 Å². The van der Waals surface area contributed by atoms with Crippen molar-refractivity contribution >= 4 is 35.2 Å². The smallest absolute Gasteiger partial charge is 0.331 e. The Morgan fingerprint density at radius 2 is 1.89 bits per heavy atom. The van der Waals surface area contributed by atoms with Crippen molar-refractivity contribution in [2.75, 3.05) is 19.0 Å². The first-order valence-corrected chi connectivity index (χ1v) is 8.10. The Balaban J connectivity index is 1.87. The van der Waals surface area contributed by atoms with Gasteiger partial charge in [0.05, 0.1) is 4.92 Å². The SMILES string of the molecule is CNC(=O)c1cccc(NC(=O)COC(=O)/C=C/c2cccc([N+](=O)[O-])c2)c1. The summed E-state index contributed by atoms with van der Waals surface area (Å²) in [5.41, 5.74) is 1.10. The average Bonchev–Trinajstić information content (AvgIpc) is 2.70. The van der Waals surface area contributed by atoms with E-state index in [-0.39, 0.29) is 11.6 Å². The van der Waals surface area contributed by atoms with Gasteiger partial charge in [-0.1, -0.05) is 18.2 Å². The number of amides is 2. The zero-order valence-electron chi connectivity index (χ0n) is 14.9. The van der Waals surface area contributed by atoms with E-state index in [0.717, 1.165) is 6.08 Å². The zero-order valence-corrected chi connectivity index (χ0v) is 14.9. The van der Waals surface area contributed by atoms with Gasteiger partial charge in [0, 0.05) is 36.5 Å². The number of carbonyl (C=O) groups is 3. The van der Waals surface area contributed by atoms with Crippen LogP contribution in [0.3, 0.4) is 0 Å². The van der Waals surface area contributed by atoms with Crippen LogP contribution in [-0.2, 0) is 14.3 Å². The first-order chi connectivity index (χ1) is 13.4. The second-order valence-electron chi connectivity index (χ2n) is 5.50. The summed E-state index contributed by atoms with van der Waals surface area (Å²) in [6, 6.07) is 12.0. The molecule has 0 heterocycles. The fraction of sp³-hybridized carbons (Fsp3) is 0.105. The molecule has 0 bridgehead atoms. The minimum atomic E-state index is -0.777. The topological polar surface area (TPSA) is 128 Å². The summed E-state index contributed by atoms with van der Waals surface area (Å²) in [7, 11) is 1.49. The number of esters is 1. The van der Waals surface area contributed by atoms with Gasteiger partial charge in [0.2, 0.25) is 0 Å². The second-order valence-corrected chi connectivity index (χ2v) is 5.50. The van der Waals surface area contributed by atoms with E-state index in [9.17, 15) is 24.5 Å². The molecule has 2 amide bonds. The second kappa shape index (κ2) is 9.62. The lowest BCUT2D eigenvalue weighted by Crippen LogP contribution is -2.21. The maximum absolute atomic E-state index is 11.9. The quantitative estimate of drug-likeness (QED) is 0.326. The Bertz CT molecular complexity index is 939. The summed E-state index contributed by atoms with van der Waals surface area (Å²) < 4.78 is 4.82. The first kappa shape index (κ1) is 20.3. The highest BCUT2D eigenvalue weighted by Crippen LogP contribution is 2.14. The maximum Gasteiger partial charge on any atom is 0.331 e. The Morgan fingerprint density at radius 1 is 1.14 bits per heavy atom. The highest BCUT2D eigenvalue weighted by molar-refractivity contribution is 5.98. The number of hydrogen-bond acceptors (Lipinski definition) is 6. The third-order valence-corrected chi connectivity index (χ3v) is 3.47. The van der Waals surface area contributed by atoms with Crippen molar-refractivity contribution in [1.29, 1.82) is 0 Å². The highest BCUT2D eigenvalue weighted by atomic mass is 16.6. The molecule has 2 aromatic rings. The summed E-state index contributed by atoms with van der Waals surface area (Å²) in [4.78, 5) is 45.3. The number of nitrogens with one attached hydrogen (secondary N) is 2. The van der Waals surface area contributed by atoms with E-state index >= 15 is 0 Å². The van der Waals surface area contributed by atoms with Crippen molar-refractivity contribution in [2.45, 2.75) is 0 Å². The molecule has 0 fully saturated rings. The monoisotopic (exact) mass is 383 g/mol. The Morgan fingerprint density at radius 3 is 2.61 bits per heavy atom. The summed E-state index contributed by atoms with van der Waals surface area (Å²) in [6.07, 6.45) is 2.42. The van der Waals surface area contributed by atoms with Gasteiger partial charge in [0.25, 0.3) is 17.5 Å². The highest BCUT2D eigenvalue weighted by Gasteiger charge is 2.09. The molecule has 0 unspecified atom stereocenters. The Labute approximate surface area is 160 Å². The van der Waals surface area contributed by atoms with Crippen LogP contribution in [0, 0.1) is 10.1 Å². The van der Waals surface area contributed by atoms with Crippen molar-refractivity contribution in [2.24, 2.45) is 0 Å². The van der Waals surface area contributed by atoms with E-state index in [1.165, 1.54) is 37.4 Å². The number of rotatable bonds is 7. The summed E-state index contributed by atoms with van der Waals surface area (Å²) >= 11 is 0. The van der Waals surface area contributed by atoms with Crippen molar-refractivity contribution in [1.82, 2.24) is 5.32 Å². The zero-order chi connectivity index (χ0) is 20.5. The van der Waals surface area contributed by atoms with Gasteiger partial charge in [-0.3, -0.25) is 19.7 Å². The van der Waals surface area contributed by atoms with Gasteiger partial charge in [0.15, 0.2) is 6.61 Å². The molecule has 0 spiro atoms. The van der Waals surface area contributed by atoms with Crippen LogP contribution in [0.4, 0.5) is 11.4 Å². The molecule has 2 rings (SSSR count). The molecule has 0 saturated carbocycles. The van der Waals surface area contributed by atoms with Gasteiger partial charge in [0.1, 0.15) is 0 Å². The van der Waals surface area contributed by atoms with Crippen LogP contribution in [0.1, 0.15) is 15.9 Å². The van der Waals surface area contributed by atoms with Crippen LogP contribution in [-0.4, -0.2) is 36.4 Å². The van der Waals surface area contributed by atoms with Gasteiger partial charge in [-0.05, 0) is 29.8 Å². The van der Waals surface area contributed by atoms with Crippen molar-refractivity contribution in [3.05, 3.63) is 75.8 Å². The standard InChI is InChI=1S/C19H17N3O6/c1-20-19(25)14-5-3-6-15(11-14)21-17(23)12-28-18(24)9-8-13-4-2-7-16(10-13)22(26)27/h2-11H,12H2,1H3,(H,20,25)(H,21,23)/b9-8+. The lowest BCUT2D eigenvalue weighted by atomic mass is 10.2. The van der Waals surface area contributed by atoms with Gasteiger partial charge in [-0.25, -0.2) is 4.79 Å². The van der Waals surface area contributed by atoms with E-state index in [1.807, 2.05) is 0 Å². The number of non-ortho nitro benzene ring substituents is 1. The summed E-state index contributed by atoms with van der Waals surface area (Å²) in [5, 5.41) is 15.7. The van der Waals surface area contributed by atoms with E-state index in [2.05, 4.69) is 10.6 Å². The number of anilines is 1. The fourth-order valence-corrected chi connectivity index (χ4v) is 2.17. The molecule has 0 radical (unpaired) electrons. The van der Waals surface area contributed by atoms with E-state index < -0.39 is 23.4 Å². The number of benzene rings is 2. The summed E-state index contributed by atoms with van der Waals surface area (Å²) in [5.74, 6) is -1.65. The number of ether oxygens (including phenoxy) is 1. The molecule has 28 heavy (non-hydrogen) atoms. The average molecular weight is 383 g/mol. The minimum absolute atomic E-state index is 0.103. The molecular weight excluding hydrogens is 366 g/mol. The van der Waals surface area contributed by atoms with Crippen LogP contribution in [0.25, 0.3) is 6.08 Å². The predicted octanol–water partition coefficient (Wildman–Crippen LogP) is 2.15. The lowest BCUT2D eigenvalue weighted by molar-refractivity contribution is -0.384. The van der Waals surface area contributed by atoms with Gasteiger partial charge >= 0.3 is 5.97 Å². The van der Waals surface area contributed by atoms with E-state index in [1.54, 1.807) is 24.3 Å². The molecule has 144 valence electrons. The number of nitro benzene ring substituents is 1. The number of carbonyl (C=O) groups excluding carboxylic acids is 3. The molecule has 0 aliphatic heterocycles. The number of nitrogens with zero attached hydrogens (tertiary/aromatic N) is 1. The number of hydrogen-bond donors (Lipinski definition) is 2. The molecule has 0 atom stereocenters. The normalized spacial score (nSPS) is 10.3. The largest absolute Gasteiger partial charge is 0.452 e. The first-order valence-electron chi connectivity index (χ1n) is 8.10. The third kappa shape index (κ3) is 6.06. The third-order valence-electron chi connectivity index (χ3n) is 3.47. The van der Waals surface area contributed by atoms with E-state index in [0.29, 0.717) is 16.8 Å². The molecule has 9 heteroatoms. The van der Waals surface area contributed by atoms with Crippen LogP contribution in [0.15, 0.2) is 54.6 Å². The maximum atomic E-state index is 11.9. The van der Waals surface area contributed by atoms with Crippen LogP contribution in [0.2, 0.25) is 0 Å². The predicted molar refractivity (Wildman–Crippen MR) is 102 cm³/mol. The molecule has 2 aromatic carbocycles. The molecule has 9 nitrogen and oxygen atoms in total. The van der Waals surface area contributed by atoms with Gasteiger partial charge in [-0.15, -0.1) is 0 Å². The van der Waals surface area contributed by atoms with Gasteiger partial charge in [-0.2, -0.15) is 0 Å². The number of nitro groups is 1. The minimum Gasteiger partial charge on any atom is -0.452 e. The Kier molecular flexibility index (Phi) is 6.98. The lowest BCUT2D eigenvalue weighted by Gasteiger charge is -2.07. The molecule has 0 aliphatic rings. The van der Waals surface area contributed by atoms with Crippen LogP contribution in [0.5, 0.6) is 0 Å². The molecular formula is C19H17N3O6. The molecule has 0 aromatic heterocycles.